The van der Waals surface area contributed by atoms with E-state index in [0.717, 1.165) is 0 Å². The van der Waals surface area contributed by atoms with Crippen molar-refractivity contribution in [3.8, 4) is 0 Å². The fourth-order valence-electron chi connectivity index (χ4n) is 0.878. The highest BCUT2D eigenvalue weighted by molar-refractivity contribution is 6.52. The number of halogens is 4. The van der Waals surface area contributed by atoms with Crippen molar-refractivity contribution in [2.45, 2.75) is 0 Å². The molecule has 0 atom stereocenters. The molecule has 0 aliphatic heterocycles. The summed E-state index contributed by atoms with van der Waals surface area (Å²) in [6.45, 7) is 0. The summed E-state index contributed by atoms with van der Waals surface area (Å²) >= 11 is 22.7. The van der Waals surface area contributed by atoms with E-state index in [1.54, 1.807) is 0 Å². The summed E-state index contributed by atoms with van der Waals surface area (Å²) in [5.74, 6) is 0. The summed E-state index contributed by atoms with van der Waals surface area (Å²) in [4.78, 5) is 21.2. The number of carbonyl (C=O) groups excluding carboxylic acids is 2. The van der Waals surface area contributed by atoms with Gasteiger partial charge in [0.1, 0.15) is 0 Å². The van der Waals surface area contributed by atoms with Gasteiger partial charge in [-0.15, -0.1) is 0 Å². The Morgan fingerprint density at radius 3 is 1.29 bits per heavy atom. The molecule has 14 heavy (non-hydrogen) atoms. The Labute approximate surface area is 99.7 Å². The average Bonchev–Trinajstić information content (AvgIpc) is 2.16. The largest absolute Gasteiger partial charge is 0.298 e. The van der Waals surface area contributed by atoms with Crippen LogP contribution in [0.25, 0.3) is 0 Å². The zero-order chi connectivity index (χ0) is 10.9. The van der Waals surface area contributed by atoms with Crippen LogP contribution in [0.1, 0.15) is 20.7 Å². The fraction of sp³-hybridized carbons (Fsp3) is 0. The minimum Gasteiger partial charge on any atom is -0.298 e. The maximum atomic E-state index is 10.6. The van der Waals surface area contributed by atoms with E-state index in [1.165, 1.54) is 0 Å². The third-order valence-corrected chi connectivity index (χ3v) is 3.33. The molecule has 6 heteroatoms. The van der Waals surface area contributed by atoms with Crippen molar-refractivity contribution in [2.24, 2.45) is 0 Å². The van der Waals surface area contributed by atoms with Crippen molar-refractivity contribution in [3.05, 3.63) is 31.2 Å². The first-order valence-corrected chi connectivity index (χ1v) is 4.82. The van der Waals surface area contributed by atoms with Gasteiger partial charge in [-0.3, -0.25) is 9.59 Å². The smallest absolute Gasteiger partial charge is 0.153 e. The summed E-state index contributed by atoms with van der Waals surface area (Å²) in [6.07, 6.45) is 0.833. The molecule has 74 valence electrons. The first-order chi connectivity index (χ1) is 6.54. The Bertz CT molecular complexity index is 379. The molecular formula is C8H2Cl4O2. The monoisotopic (exact) mass is 270 g/mol. The lowest BCUT2D eigenvalue weighted by atomic mass is 10.1. The Balaban J connectivity index is 3.72. The zero-order valence-electron chi connectivity index (χ0n) is 6.48. The van der Waals surface area contributed by atoms with Crippen LogP contribution in [0.15, 0.2) is 0 Å². The van der Waals surface area contributed by atoms with Gasteiger partial charge in [0.2, 0.25) is 0 Å². The zero-order valence-corrected chi connectivity index (χ0v) is 9.51. The molecule has 0 N–H and O–H groups in total. The van der Waals surface area contributed by atoms with Crippen LogP contribution in [0.4, 0.5) is 0 Å². The molecule has 1 rings (SSSR count). The second-order valence-corrected chi connectivity index (χ2v) is 3.83. The molecule has 1 aromatic carbocycles. The van der Waals surface area contributed by atoms with Crippen LogP contribution in [0.2, 0.25) is 20.1 Å². The lowest BCUT2D eigenvalue weighted by Crippen LogP contribution is -1.94. The van der Waals surface area contributed by atoms with Crippen molar-refractivity contribution in [1.82, 2.24) is 0 Å². The minimum absolute atomic E-state index is 0.0372. The van der Waals surface area contributed by atoms with Crippen molar-refractivity contribution in [2.75, 3.05) is 0 Å². The molecule has 0 saturated carbocycles. The van der Waals surface area contributed by atoms with Crippen LogP contribution in [-0.2, 0) is 0 Å². The van der Waals surface area contributed by atoms with Gasteiger partial charge in [-0.05, 0) is 0 Å². The van der Waals surface area contributed by atoms with Crippen LogP contribution in [0.5, 0.6) is 0 Å². The number of aldehydes is 2. The molecule has 2 nitrogen and oxygen atoms in total. The predicted octanol–water partition coefficient (Wildman–Crippen LogP) is 3.93. The summed E-state index contributed by atoms with van der Waals surface area (Å²) in [5.41, 5.74) is -0.0744. The first kappa shape index (κ1) is 11.8. The molecule has 0 heterocycles. The molecule has 0 radical (unpaired) electrons. The van der Waals surface area contributed by atoms with Crippen LogP contribution in [0.3, 0.4) is 0 Å². The average molecular weight is 272 g/mol. The normalized spacial score (nSPS) is 10.0. The maximum absolute atomic E-state index is 10.6. The minimum atomic E-state index is -0.0885. The topological polar surface area (TPSA) is 34.1 Å². The van der Waals surface area contributed by atoms with Gasteiger partial charge in [0.05, 0.1) is 31.2 Å². The number of hydrogen-bond donors (Lipinski definition) is 0. The van der Waals surface area contributed by atoms with Gasteiger partial charge in [-0.2, -0.15) is 0 Å². The Morgan fingerprint density at radius 2 is 1.00 bits per heavy atom. The summed E-state index contributed by atoms with van der Waals surface area (Å²) in [6, 6.07) is 0. The van der Waals surface area contributed by atoms with Crippen molar-refractivity contribution in [3.63, 3.8) is 0 Å². The predicted molar refractivity (Wildman–Crippen MR) is 57.3 cm³/mol. The number of rotatable bonds is 2. The maximum Gasteiger partial charge on any atom is 0.153 e. The fourth-order valence-corrected chi connectivity index (χ4v) is 1.97. The lowest BCUT2D eigenvalue weighted by molar-refractivity contribution is 0.112. The van der Waals surface area contributed by atoms with E-state index < -0.39 is 0 Å². The Kier molecular flexibility index (Phi) is 3.78. The molecule has 0 aliphatic carbocycles. The molecule has 0 spiro atoms. The van der Waals surface area contributed by atoms with Crippen molar-refractivity contribution in [1.29, 1.82) is 0 Å². The molecule has 0 aliphatic rings. The highest BCUT2D eigenvalue weighted by atomic mass is 35.5. The molecule has 0 aromatic heterocycles. The van der Waals surface area contributed by atoms with E-state index in [1.807, 2.05) is 0 Å². The van der Waals surface area contributed by atoms with E-state index in [4.69, 9.17) is 46.4 Å². The van der Waals surface area contributed by atoms with E-state index in [-0.39, 0.29) is 31.2 Å². The molecule has 1 aromatic rings. The molecule has 0 fully saturated rings. The molecule has 0 saturated heterocycles. The van der Waals surface area contributed by atoms with Crippen molar-refractivity contribution < 1.29 is 9.59 Å². The highest BCUT2D eigenvalue weighted by Crippen LogP contribution is 2.39. The Morgan fingerprint density at radius 1 is 0.643 bits per heavy atom. The summed E-state index contributed by atoms with van der Waals surface area (Å²) in [5, 5.41) is -0.249. The molecule has 0 bridgehead atoms. The third-order valence-electron chi connectivity index (χ3n) is 1.57. The van der Waals surface area contributed by atoms with Gasteiger partial charge < -0.3 is 0 Å². The van der Waals surface area contributed by atoms with Gasteiger partial charge in [0, 0.05) is 0 Å². The van der Waals surface area contributed by atoms with E-state index in [2.05, 4.69) is 0 Å². The quantitative estimate of drug-likeness (QED) is 0.464. The summed E-state index contributed by atoms with van der Waals surface area (Å²) in [7, 11) is 0. The number of carbonyl (C=O) groups is 2. The van der Waals surface area contributed by atoms with Crippen LogP contribution in [-0.4, -0.2) is 12.6 Å². The van der Waals surface area contributed by atoms with Gasteiger partial charge in [0.15, 0.2) is 12.6 Å². The molecule has 0 unspecified atom stereocenters. The standard InChI is InChI=1S/C8H2Cl4O2/c9-5-3(1-13)6(10)8(12)7(11)4(5)2-14/h1-2H. The van der Waals surface area contributed by atoms with Gasteiger partial charge in [-0.1, -0.05) is 46.4 Å². The van der Waals surface area contributed by atoms with Gasteiger partial charge in [-0.25, -0.2) is 0 Å². The van der Waals surface area contributed by atoms with Gasteiger partial charge in [0.25, 0.3) is 0 Å². The lowest BCUT2D eigenvalue weighted by Gasteiger charge is -2.07. The first-order valence-electron chi connectivity index (χ1n) is 3.30. The second-order valence-electron chi connectivity index (χ2n) is 2.32. The van der Waals surface area contributed by atoms with Crippen LogP contribution >= 0.6 is 46.4 Å². The number of benzene rings is 1. The van der Waals surface area contributed by atoms with E-state index in [9.17, 15) is 9.59 Å². The van der Waals surface area contributed by atoms with Crippen molar-refractivity contribution >= 4 is 59.0 Å². The van der Waals surface area contributed by atoms with E-state index in [0.29, 0.717) is 12.6 Å². The third kappa shape index (κ3) is 1.75. The number of hydrogen-bond acceptors (Lipinski definition) is 2. The Hall–Kier alpha value is -0.280. The molecular weight excluding hydrogens is 270 g/mol. The van der Waals surface area contributed by atoms with Crippen LogP contribution < -0.4 is 0 Å². The van der Waals surface area contributed by atoms with E-state index >= 15 is 0 Å². The summed E-state index contributed by atoms with van der Waals surface area (Å²) < 4.78 is 0. The highest BCUT2D eigenvalue weighted by Gasteiger charge is 2.19. The SMILES string of the molecule is O=Cc1c(Cl)c(Cl)c(Cl)c(C=O)c1Cl. The second kappa shape index (κ2) is 4.49. The van der Waals surface area contributed by atoms with Crippen LogP contribution in [0, 0.1) is 0 Å². The van der Waals surface area contributed by atoms with Gasteiger partial charge >= 0.3 is 0 Å². The molecule has 0 amide bonds.